The number of rotatable bonds is 4. The minimum Gasteiger partial charge on any atom is -0.422 e. The molecule has 0 aliphatic rings. The number of nitrogens with zero attached hydrogens (tertiary/aromatic N) is 3. The number of hydrogen-bond acceptors (Lipinski definition) is 6. The zero-order chi connectivity index (χ0) is 22.1. The van der Waals surface area contributed by atoms with Crippen molar-refractivity contribution in [2.24, 2.45) is 0 Å². The van der Waals surface area contributed by atoms with E-state index in [1.807, 2.05) is 80.7 Å². The maximum absolute atomic E-state index is 12.9. The molecule has 2 aromatic heterocycles. The summed E-state index contributed by atoms with van der Waals surface area (Å²) in [5.74, 6) is 1.29. The van der Waals surface area contributed by atoms with Crippen LogP contribution in [0, 0.1) is 6.92 Å². The predicted molar refractivity (Wildman–Crippen MR) is 126 cm³/mol. The second-order valence-corrected chi connectivity index (χ2v) is 7.44. The summed E-state index contributed by atoms with van der Waals surface area (Å²) in [7, 11) is 1.82. The minimum absolute atomic E-state index is 0.283. The van der Waals surface area contributed by atoms with Gasteiger partial charge in [-0.1, -0.05) is 54.6 Å². The molecule has 0 saturated heterocycles. The number of aromatic nitrogens is 3. The van der Waals surface area contributed by atoms with Crippen LogP contribution < -0.4 is 10.9 Å². The molecule has 6 nitrogen and oxygen atoms in total. The summed E-state index contributed by atoms with van der Waals surface area (Å²) in [5, 5.41) is 3.84. The first-order chi connectivity index (χ1) is 15.6. The fourth-order valence-corrected chi connectivity index (χ4v) is 3.58. The number of anilines is 1. The van der Waals surface area contributed by atoms with E-state index >= 15 is 0 Å². The van der Waals surface area contributed by atoms with Gasteiger partial charge in [0.25, 0.3) is 0 Å². The van der Waals surface area contributed by atoms with Crippen molar-refractivity contribution in [3.8, 4) is 34.2 Å². The fourth-order valence-electron chi connectivity index (χ4n) is 3.58. The lowest BCUT2D eigenvalue weighted by Crippen LogP contribution is -2.08. The van der Waals surface area contributed by atoms with Crippen molar-refractivity contribution in [1.82, 2.24) is 15.0 Å². The summed E-state index contributed by atoms with van der Waals surface area (Å²) >= 11 is 0. The highest BCUT2D eigenvalue weighted by molar-refractivity contribution is 5.83. The lowest BCUT2D eigenvalue weighted by Gasteiger charge is -2.10. The molecule has 0 radical (unpaired) electrons. The summed E-state index contributed by atoms with van der Waals surface area (Å²) in [6, 6.07) is 24.9. The Morgan fingerprint density at radius 2 is 1.44 bits per heavy atom. The van der Waals surface area contributed by atoms with Gasteiger partial charge in [-0.25, -0.2) is 19.7 Å². The maximum Gasteiger partial charge on any atom is 0.347 e. The third kappa shape index (κ3) is 3.63. The molecular formula is C26H20N4O2. The molecule has 0 saturated carbocycles. The third-order valence-electron chi connectivity index (χ3n) is 5.32. The quantitative estimate of drug-likeness (QED) is 0.396. The molecule has 0 aliphatic heterocycles. The fraction of sp³-hybridized carbons (Fsp3) is 0.0769. The van der Waals surface area contributed by atoms with E-state index in [4.69, 9.17) is 9.40 Å². The van der Waals surface area contributed by atoms with Crippen LogP contribution in [0.3, 0.4) is 0 Å². The van der Waals surface area contributed by atoms with E-state index in [0.29, 0.717) is 22.8 Å². The van der Waals surface area contributed by atoms with Crippen LogP contribution >= 0.6 is 0 Å². The number of fused-ring (bicyclic) bond motifs is 1. The second kappa shape index (κ2) is 8.07. The SMILES string of the molecule is CNc1ccc2cc(-c3nc(-c4ccccc4)nc(-c4ccccc4C)n3)c(=O)oc2c1. The second-order valence-electron chi connectivity index (χ2n) is 7.44. The molecular weight excluding hydrogens is 400 g/mol. The van der Waals surface area contributed by atoms with E-state index in [9.17, 15) is 4.79 Å². The highest BCUT2D eigenvalue weighted by Gasteiger charge is 2.17. The Hall–Kier alpha value is -4.32. The third-order valence-corrected chi connectivity index (χ3v) is 5.32. The van der Waals surface area contributed by atoms with Gasteiger partial charge in [0.1, 0.15) is 11.1 Å². The van der Waals surface area contributed by atoms with Crippen LogP contribution in [-0.4, -0.2) is 22.0 Å². The molecule has 5 aromatic rings. The van der Waals surface area contributed by atoms with Gasteiger partial charge < -0.3 is 9.73 Å². The van der Waals surface area contributed by atoms with Gasteiger partial charge in [-0.15, -0.1) is 0 Å². The normalized spacial score (nSPS) is 10.9. The zero-order valence-electron chi connectivity index (χ0n) is 17.7. The van der Waals surface area contributed by atoms with Gasteiger partial charge in [0.05, 0.1) is 0 Å². The first kappa shape index (κ1) is 19.6. The molecule has 0 spiro atoms. The molecule has 1 N–H and O–H groups in total. The molecule has 2 heterocycles. The molecule has 156 valence electrons. The molecule has 0 amide bonds. The zero-order valence-corrected chi connectivity index (χ0v) is 17.7. The predicted octanol–water partition coefficient (Wildman–Crippen LogP) is 5.33. The summed E-state index contributed by atoms with van der Waals surface area (Å²) in [6.07, 6.45) is 0. The van der Waals surface area contributed by atoms with Crippen molar-refractivity contribution in [2.45, 2.75) is 6.92 Å². The number of aryl methyl sites for hydroxylation is 1. The van der Waals surface area contributed by atoms with E-state index in [2.05, 4.69) is 15.3 Å². The van der Waals surface area contributed by atoms with E-state index < -0.39 is 5.63 Å². The molecule has 3 aromatic carbocycles. The van der Waals surface area contributed by atoms with Crippen LogP contribution in [0.15, 0.2) is 88.1 Å². The van der Waals surface area contributed by atoms with Crippen molar-refractivity contribution < 1.29 is 4.42 Å². The molecule has 5 rings (SSSR count). The standard InChI is InChI=1S/C26H20N4O2/c1-16-8-6-7-11-20(16)24-28-23(17-9-4-3-5-10-17)29-25(30-24)21-14-18-12-13-19(27-2)15-22(18)32-26(21)31/h3-15,27H,1-2H3. The molecule has 0 atom stereocenters. The van der Waals surface area contributed by atoms with E-state index in [1.165, 1.54) is 0 Å². The highest BCUT2D eigenvalue weighted by Crippen LogP contribution is 2.27. The van der Waals surface area contributed by atoms with Crippen molar-refractivity contribution >= 4 is 16.7 Å². The van der Waals surface area contributed by atoms with Crippen LogP contribution in [0.2, 0.25) is 0 Å². The Bertz CT molecular complexity index is 1490. The van der Waals surface area contributed by atoms with Gasteiger partial charge in [0.2, 0.25) is 0 Å². The van der Waals surface area contributed by atoms with Crippen molar-refractivity contribution in [3.05, 3.63) is 94.8 Å². The molecule has 0 aliphatic carbocycles. The maximum atomic E-state index is 12.9. The van der Waals surface area contributed by atoms with Gasteiger partial charge >= 0.3 is 5.63 Å². The Balaban J connectivity index is 1.75. The van der Waals surface area contributed by atoms with Crippen LogP contribution in [0.5, 0.6) is 0 Å². The largest absolute Gasteiger partial charge is 0.422 e. The molecule has 0 bridgehead atoms. The van der Waals surface area contributed by atoms with Crippen LogP contribution in [-0.2, 0) is 0 Å². The Morgan fingerprint density at radius 3 is 2.19 bits per heavy atom. The average Bonchev–Trinajstić information content (AvgIpc) is 2.83. The lowest BCUT2D eigenvalue weighted by atomic mass is 10.1. The topological polar surface area (TPSA) is 80.9 Å². The van der Waals surface area contributed by atoms with Crippen molar-refractivity contribution in [1.29, 1.82) is 0 Å². The van der Waals surface area contributed by atoms with E-state index in [1.54, 1.807) is 12.1 Å². The van der Waals surface area contributed by atoms with Gasteiger partial charge in [-0.2, -0.15) is 0 Å². The van der Waals surface area contributed by atoms with Gasteiger partial charge in [-0.05, 0) is 30.7 Å². The van der Waals surface area contributed by atoms with Crippen LogP contribution in [0.1, 0.15) is 5.56 Å². The van der Waals surface area contributed by atoms with Crippen molar-refractivity contribution in [3.63, 3.8) is 0 Å². The molecule has 32 heavy (non-hydrogen) atoms. The summed E-state index contributed by atoms with van der Waals surface area (Å²) in [5.41, 5.74) is 3.93. The van der Waals surface area contributed by atoms with Crippen LogP contribution in [0.4, 0.5) is 5.69 Å². The summed E-state index contributed by atoms with van der Waals surface area (Å²) in [6.45, 7) is 2.00. The van der Waals surface area contributed by atoms with Gasteiger partial charge in [-0.3, -0.25) is 0 Å². The summed E-state index contributed by atoms with van der Waals surface area (Å²) in [4.78, 5) is 26.9. The Labute approximate surface area is 184 Å². The Kier molecular flexibility index (Phi) is 4.95. The van der Waals surface area contributed by atoms with Crippen LogP contribution in [0.25, 0.3) is 45.1 Å². The summed E-state index contributed by atoms with van der Waals surface area (Å²) < 4.78 is 5.61. The van der Waals surface area contributed by atoms with Crippen molar-refractivity contribution in [2.75, 3.05) is 12.4 Å². The number of benzene rings is 3. The number of nitrogens with one attached hydrogen (secondary N) is 1. The first-order valence-corrected chi connectivity index (χ1v) is 10.3. The monoisotopic (exact) mass is 420 g/mol. The minimum atomic E-state index is -0.494. The highest BCUT2D eigenvalue weighted by atomic mass is 16.4. The average molecular weight is 420 g/mol. The lowest BCUT2D eigenvalue weighted by molar-refractivity contribution is 0.563. The molecule has 0 fully saturated rings. The van der Waals surface area contributed by atoms with Gasteiger partial charge in [0, 0.05) is 35.3 Å². The molecule has 6 heteroatoms. The first-order valence-electron chi connectivity index (χ1n) is 10.3. The van der Waals surface area contributed by atoms with Gasteiger partial charge in [0.15, 0.2) is 17.5 Å². The smallest absolute Gasteiger partial charge is 0.347 e. The van der Waals surface area contributed by atoms with E-state index in [0.717, 1.165) is 27.8 Å². The van der Waals surface area contributed by atoms with E-state index in [-0.39, 0.29) is 5.82 Å². The molecule has 0 unspecified atom stereocenters. The number of hydrogen-bond donors (Lipinski definition) is 1. The Morgan fingerprint density at radius 1 is 0.750 bits per heavy atom.